The molecule has 2 rings (SSSR count). The van der Waals surface area contributed by atoms with Crippen LogP contribution in [-0.2, 0) is 14.3 Å². The highest BCUT2D eigenvalue weighted by Gasteiger charge is 2.52. The minimum Gasteiger partial charge on any atom is -0.478 e. The topological polar surface area (TPSA) is 64.6 Å². The minimum absolute atomic E-state index is 0.135. The number of carbonyl (C=O) groups excluding carboxylic acids is 2. The summed E-state index contributed by atoms with van der Waals surface area (Å²) in [5.74, 6) is -0.248. The lowest BCUT2D eigenvalue weighted by atomic mass is 10.1. The number of rotatable bonds is 6. The van der Waals surface area contributed by atoms with E-state index in [4.69, 9.17) is 27.9 Å². The summed E-state index contributed by atoms with van der Waals surface area (Å²) in [6, 6.07) is 7.31. The number of amides is 1. The quantitative estimate of drug-likeness (QED) is 0.626. The van der Waals surface area contributed by atoms with Crippen molar-refractivity contribution >= 4 is 35.1 Å². The van der Waals surface area contributed by atoms with E-state index < -0.39 is 21.8 Å². The van der Waals surface area contributed by atoms with Crippen LogP contribution in [0.25, 0.3) is 0 Å². The highest BCUT2D eigenvalue weighted by atomic mass is 35.5. The first-order valence-electron chi connectivity index (χ1n) is 7.17. The largest absolute Gasteiger partial charge is 0.478 e. The van der Waals surface area contributed by atoms with Gasteiger partial charge in [-0.2, -0.15) is 0 Å². The summed E-state index contributed by atoms with van der Waals surface area (Å²) >= 11 is 12.1. The smallest absolute Gasteiger partial charge is 0.325 e. The Morgan fingerprint density at radius 3 is 2.35 bits per heavy atom. The van der Waals surface area contributed by atoms with Crippen LogP contribution in [-0.4, -0.2) is 35.5 Å². The summed E-state index contributed by atoms with van der Waals surface area (Å²) in [6.07, 6.45) is 0.734. The van der Waals surface area contributed by atoms with Crippen LogP contribution in [0, 0.1) is 0 Å². The van der Waals surface area contributed by atoms with Crippen molar-refractivity contribution in [3.63, 3.8) is 0 Å². The highest BCUT2D eigenvalue weighted by molar-refractivity contribution is 6.51. The monoisotopic (exact) mass is 359 g/mol. The minimum atomic E-state index is -1.13. The Kier molecular flexibility index (Phi) is 5.11. The average Bonchev–Trinajstić information content (AvgIpc) is 3.13. The molecule has 1 N–H and O–H groups in total. The van der Waals surface area contributed by atoms with Crippen molar-refractivity contribution in [3.05, 3.63) is 29.8 Å². The molecule has 126 valence electrons. The van der Waals surface area contributed by atoms with Crippen molar-refractivity contribution in [1.82, 2.24) is 5.32 Å². The van der Waals surface area contributed by atoms with Gasteiger partial charge >= 0.3 is 5.97 Å². The Bertz CT molecular complexity index is 599. The maximum atomic E-state index is 12.1. The third kappa shape index (κ3) is 4.52. The number of esters is 1. The molecule has 5 nitrogen and oxygen atoms in total. The Balaban J connectivity index is 1.94. The third-order valence-corrected chi connectivity index (χ3v) is 4.48. The molecular formula is C16H19Cl2NO4. The molecule has 1 aromatic carbocycles. The maximum Gasteiger partial charge on any atom is 0.325 e. The Hall–Kier alpha value is -1.46. The number of halogens is 2. The molecule has 23 heavy (non-hydrogen) atoms. The van der Waals surface area contributed by atoms with Crippen molar-refractivity contribution < 1.29 is 19.1 Å². The molecule has 0 heterocycles. The Labute approximate surface area is 145 Å². The molecule has 1 fully saturated rings. The normalized spacial score (nSPS) is 18.9. The van der Waals surface area contributed by atoms with E-state index in [2.05, 4.69) is 10.1 Å². The summed E-state index contributed by atoms with van der Waals surface area (Å²) in [5, 5.41) is 2.47. The second kappa shape index (κ2) is 6.57. The van der Waals surface area contributed by atoms with Gasteiger partial charge in [-0.1, -0.05) is 12.1 Å². The number of benzene rings is 1. The second-order valence-electron chi connectivity index (χ2n) is 5.96. The van der Waals surface area contributed by atoms with Gasteiger partial charge in [-0.15, -0.1) is 23.2 Å². The summed E-state index contributed by atoms with van der Waals surface area (Å²) in [7, 11) is 1.26. The van der Waals surface area contributed by atoms with Gasteiger partial charge in [0, 0.05) is 5.92 Å². The van der Waals surface area contributed by atoms with Crippen molar-refractivity contribution in [2.24, 2.45) is 0 Å². The van der Waals surface area contributed by atoms with E-state index in [0.29, 0.717) is 5.75 Å². The number of methoxy groups -OCH3 is 1. The van der Waals surface area contributed by atoms with E-state index in [1.165, 1.54) is 7.11 Å². The van der Waals surface area contributed by atoms with Crippen LogP contribution in [0.2, 0.25) is 0 Å². The Morgan fingerprint density at radius 1 is 1.30 bits per heavy atom. The molecule has 0 aliphatic heterocycles. The summed E-state index contributed by atoms with van der Waals surface area (Å²) in [6.45, 7) is 3.05. The van der Waals surface area contributed by atoms with E-state index in [1.54, 1.807) is 26.0 Å². The first-order valence-corrected chi connectivity index (χ1v) is 7.93. The predicted molar refractivity (Wildman–Crippen MR) is 88.0 cm³/mol. The fourth-order valence-electron chi connectivity index (χ4n) is 2.12. The SMILES string of the molecule is COC(=O)CNC(=O)C(C)(C)Oc1ccc([C@H]2CC2(Cl)Cl)cc1. The van der Waals surface area contributed by atoms with E-state index in [0.717, 1.165) is 12.0 Å². The molecule has 7 heteroatoms. The molecule has 1 aromatic rings. The fraction of sp³-hybridized carbons (Fsp3) is 0.500. The van der Waals surface area contributed by atoms with E-state index >= 15 is 0 Å². The standard InChI is InChI=1S/C16H19Cl2NO4/c1-15(2,14(21)19-9-13(20)22-3)23-11-6-4-10(5-7-11)12-8-16(12,17)18/h4-7,12H,8-9H2,1-3H3,(H,19,21)/t12-/m1/s1. The van der Waals surface area contributed by atoms with Gasteiger partial charge in [-0.25, -0.2) is 0 Å². The summed E-state index contributed by atoms with van der Waals surface area (Å²) in [4.78, 5) is 23.1. The second-order valence-corrected chi connectivity index (χ2v) is 7.50. The van der Waals surface area contributed by atoms with E-state index in [9.17, 15) is 9.59 Å². The molecule has 0 unspecified atom stereocenters. The average molecular weight is 360 g/mol. The van der Waals surface area contributed by atoms with Crippen LogP contribution in [0.15, 0.2) is 24.3 Å². The molecular weight excluding hydrogens is 341 g/mol. The lowest BCUT2D eigenvalue weighted by Gasteiger charge is -2.25. The molecule has 0 spiro atoms. The molecule has 1 aliphatic carbocycles. The summed E-state index contributed by atoms with van der Waals surface area (Å²) < 4.78 is 9.51. The molecule has 0 radical (unpaired) electrons. The van der Waals surface area contributed by atoms with Gasteiger partial charge in [0.15, 0.2) is 5.60 Å². The number of alkyl halides is 2. The van der Waals surface area contributed by atoms with Crippen LogP contribution in [0.3, 0.4) is 0 Å². The molecule has 0 saturated heterocycles. The van der Waals surface area contributed by atoms with E-state index in [-0.39, 0.29) is 12.5 Å². The van der Waals surface area contributed by atoms with Crippen LogP contribution in [0.4, 0.5) is 0 Å². The van der Waals surface area contributed by atoms with Crippen LogP contribution >= 0.6 is 23.2 Å². The van der Waals surface area contributed by atoms with Crippen molar-refractivity contribution in [2.75, 3.05) is 13.7 Å². The molecule has 1 amide bonds. The van der Waals surface area contributed by atoms with Crippen LogP contribution in [0.5, 0.6) is 5.75 Å². The first-order chi connectivity index (χ1) is 10.7. The zero-order valence-corrected chi connectivity index (χ0v) is 14.7. The number of hydrogen-bond acceptors (Lipinski definition) is 4. The maximum absolute atomic E-state index is 12.1. The van der Waals surface area contributed by atoms with Crippen molar-refractivity contribution in [3.8, 4) is 5.75 Å². The third-order valence-electron chi connectivity index (χ3n) is 3.65. The first kappa shape index (κ1) is 17.9. The van der Waals surface area contributed by atoms with Crippen LogP contribution < -0.4 is 10.1 Å². The highest BCUT2D eigenvalue weighted by Crippen LogP contribution is 2.59. The Morgan fingerprint density at radius 2 is 1.87 bits per heavy atom. The van der Waals surface area contributed by atoms with Gasteiger partial charge in [0.25, 0.3) is 5.91 Å². The van der Waals surface area contributed by atoms with Gasteiger partial charge in [0.05, 0.1) is 7.11 Å². The predicted octanol–water partition coefficient (Wildman–Crippen LogP) is 2.79. The lowest BCUT2D eigenvalue weighted by Crippen LogP contribution is -2.48. The summed E-state index contributed by atoms with van der Waals surface area (Å²) in [5.41, 5.74) is -0.0898. The van der Waals surface area contributed by atoms with Gasteiger partial charge in [0.2, 0.25) is 0 Å². The molecule has 0 bridgehead atoms. The number of hydrogen-bond donors (Lipinski definition) is 1. The molecule has 0 aromatic heterocycles. The molecule has 1 saturated carbocycles. The van der Waals surface area contributed by atoms with Gasteiger partial charge < -0.3 is 14.8 Å². The molecule has 1 atom stereocenters. The van der Waals surface area contributed by atoms with Gasteiger partial charge in [0.1, 0.15) is 16.6 Å². The molecule has 1 aliphatic rings. The zero-order valence-electron chi connectivity index (χ0n) is 13.2. The van der Waals surface area contributed by atoms with Crippen molar-refractivity contribution in [1.29, 1.82) is 0 Å². The van der Waals surface area contributed by atoms with Gasteiger partial charge in [-0.05, 0) is 38.0 Å². The van der Waals surface area contributed by atoms with Crippen molar-refractivity contribution in [2.45, 2.75) is 36.1 Å². The lowest BCUT2D eigenvalue weighted by molar-refractivity contribution is -0.143. The van der Waals surface area contributed by atoms with Crippen LogP contribution in [0.1, 0.15) is 31.7 Å². The fourth-order valence-corrected chi connectivity index (χ4v) is 2.68. The van der Waals surface area contributed by atoms with E-state index in [1.807, 2.05) is 12.1 Å². The van der Waals surface area contributed by atoms with Gasteiger partial charge in [-0.3, -0.25) is 9.59 Å². The number of carbonyl (C=O) groups is 2. The number of nitrogens with one attached hydrogen (secondary N) is 1. The number of ether oxygens (including phenoxy) is 2. The zero-order chi connectivity index (χ0) is 17.3.